The van der Waals surface area contributed by atoms with Crippen molar-refractivity contribution in [2.75, 3.05) is 18.5 Å². The van der Waals surface area contributed by atoms with Crippen molar-refractivity contribution in [3.8, 4) is 5.75 Å². The SMILES string of the molecule is Oc1ccc(Br)cc1NC1COC1. The van der Waals surface area contributed by atoms with Gasteiger partial charge < -0.3 is 15.2 Å². The fourth-order valence-corrected chi connectivity index (χ4v) is 1.52. The van der Waals surface area contributed by atoms with E-state index < -0.39 is 0 Å². The summed E-state index contributed by atoms with van der Waals surface area (Å²) in [5.41, 5.74) is 0.752. The first-order valence-corrected chi connectivity index (χ1v) is 4.88. The third-order valence-corrected chi connectivity index (χ3v) is 2.45. The van der Waals surface area contributed by atoms with Gasteiger partial charge in [-0.1, -0.05) is 15.9 Å². The van der Waals surface area contributed by atoms with Crippen molar-refractivity contribution in [2.24, 2.45) is 0 Å². The Labute approximate surface area is 84.8 Å². The summed E-state index contributed by atoms with van der Waals surface area (Å²) in [4.78, 5) is 0. The van der Waals surface area contributed by atoms with Gasteiger partial charge >= 0.3 is 0 Å². The van der Waals surface area contributed by atoms with Crippen LogP contribution in [-0.4, -0.2) is 24.4 Å². The Bertz CT molecular complexity index is 312. The Morgan fingerprint density at radius 2 is 2.23 bits per heavy atom. The lowest BCUT2D eigenvalue weighted by molar-refractivity contribution is 0.0210. The number of anilines is 1. The zero-order valence-corrected chi connectivity index (χ0v) is 8.54. The van der Waals surface area contributed by atoms with Crippen molar-refractivity contribution >= 4 is 21.6 Å². The number of hydrogen-bond acceptors (Lipinski definition) is 3. The maximum absolute atomic E-state index is 9.48. The Hall–Kier alpha value is -0.740. The molecule has 0 saturated carbocycles. The second kappa shape index (κ2) is 3.55. The number of benzene rings is 1. The number of ether oxygens (including phenoxy) is 1. The van der Waals surface area contributed by atoms with Crippen LogP contribution in [0.15, 0.2) is 22.7 Å². The molecule has 0 aromatic heterocycles. The van der Waals surface area contributed by atoms with E-state index >= 15 is 0 Å². The summed E-state index contributed by atoms with van der Waals surface area (Å²) in [6.07, 6.45) is 0. The smallest absolute Gasteiger partial charge is 0.138 e. The molecule has 4 heteroatoms. The molecule has 0 aliphatic carbocycles. The summed E-state index contributed by atoms with van der Waals surface area (Å²) in [5, 5.41) is 12.7. The van der Waals surface area contributed by atoms with E-state index in [2.05, 4.69) is 21.2 Å². The molecule has 0 amide bonds. The molecule has 0 radical (unpaired) electrons. The lowest BCUT2D eigenvalue weighted by atomic mass is 10.2. The Balaban J connectivity index is 2.13. The zero-order chi connectivity index (χ0) is 9.26. The van der Waals surface area contributed by atoms with E-state index in [0.717, 1.165) is 10.2 Å². The van der Waals surface area contributed by atoms with Crippen LogP contribution in [0.25, 0.3) is 0 Å². The molecule has 13 heavy (non-hydrogen) atoms. The van der Waals surface area contributed by atoms with Gasteiger partial charge in [0.1, 0.15) is 5.75 Å². The van der Waals surface area contributed by atoms with Crippen molar-refractivity contribution in [1.82, 2.24) is 0 Å². The summed E-state index contributed by atoms with van der Waals surface area (Å²) >= 11 is 3.34. The van der Waals surface area contributed by atoms with Gasteiger partial charge in [-0.15, -0.1) is 0 Å². The van der Waals surface area contributed by atoms with Crippen molar-refractivity contribution < 1.29 is 9.84 Å². The molecular weight excluding hydrogens is 234 g/mol. The van der Waals surface area contributed by atoms with Crippen molar-refractivity contribution in [1.29, 1.82) is 0 Å². The van der Waals surface area contributed by atoms with Gasteiger partial charge in [0, 0.05) is 4.47 Å². The second-order valence-electron chi connectivity index (χ2n) is 3.04. The topological polar surface area (TPSA) is 41.5 Å². The first-order chi connectivity index (χ1) is 6.25. The third kappa shape index (κ3) is 1.95. The number of hydrogen-bond donors (Lipinski definition) is 2. The Kier molecular flexibility index (Phi) is 2.42. The van der Waals surface area contributed by atoms with Gasteiger partial charge in [-0.3, -0.25) is 0 Å². The number of aromatic hydroxyl groups is 1. The van der Waals surface area contributed by atoms with Crippen LogP contribution < -0.4 is 5.32 Å². The molecule has 0 spiro atoms. The maximum Gasteiger partial charge on any atom is 0.138 e. The summed E-state index contributed by atoms with van der Waals surface area (Å²) in [6.45, 7) is 1.43. The van der Waals surface area contributed by atoms with Crippen LogP contribution in [0.3, 0.4) is 0 Å². The number of phenolic OH excluding ortho intramolecular Hbond substituents is 1. The van der Waals surface area contributed by atoms with Crippen LogP contribution >= 0.6 is 15.9 Å². The normalized spacial score (nSPS) is 16.7. The molecule has 2 rings (SSSR count). The van der Waals surface area contributed by atoms with Gasteiger partial charge in [-0.25, -0.2) is 0 Å². The first kappa shape index (κ1) is 8.84. The quantitative estimate of drug-likeness (QED) is 0.781. The lowest BCUT2D eigenvalue weighted by Gasteiger charge is -2.28. The van der Waals surface area contributed by atoms with Gasteiger partial charge in [0.15, 0.2) is 0 Å². The van der Waals surface area contributed by atoms with E-state index in [-0.39, 0.29) is 5.75 Å². The van der Waals surface area contributed by atoms with E-state index in [0.29, 0.717) is 19.3 Å². The van der Waals surface area contributed by atoms with Crippen LogP contribution in [0.2, 0.25) is 0 Å². The van der Waals surface area contributed by atoms with Gasteiger partial charge in [-0.05, 0) is 18.2 Å². The van der Waals surface area contributed by atoms with Crippen LogP contribution in [0.4, 0.5) is 5.69 Å². The predicted octanol–water partition coefficient (Wildman–Crippen LogP) is 1.97. The third-order valence-electron chi connectivity index (χ3n) is 1.96. The molecule has 0 bridgehead atoms. The van der Waals surface area contributed by atoms with Gasteiger partial charge in [0.25, 0.3) is 0 Å². The monoisotopic (exact) mass is 243 g/mol. The molecule has 1 aliphatic heterocycles. The van der Waals surface area contributed by atoms with E-state index in [1.165, 1.54) is 0 Å². The van der Waals surface area contributed by atoms with Crippen LogP contribution in [0.5, 0.6) is 5.75 Å². The molecular formula is C9H10BrNO2. The Morgan fingerprint density at radius 1 is 1.46 bits per heavy atom. The minimum Gasteiger partial charge on any atom is -0.506 e. The molecule has 1 aliphatic rings. The van der Waals surface area contributed by atoms with Gasteiger partial charge in [-0.2, -0.15) is 0 Å². The minimum atomic E-state index is 0.273. The fraction of sp³-hybridized carbons (Fsp3) is 0.333. The molecule has 70 valence electrons. The molecule has 3 nitrogen and oxygen atoms in total. The largest absolute Gasteiger partial charge is 0.506 e. The molecule has 0 atom stereocenters. The van der Waals surface area contributed by atoms with Crippen LogP contribution in [-0.2, 0) is 4.74 Å². The molecule has 2 N–H and O–H groups in total. The van der Waals surface area contributed by atoms with Crippen molar-refractivity contribution in [2.45, 2.75) is 6.04 Å². The standard InChI is InChI=1S/C9H10BrNO2/c10-6-1-2-9(12)8(3-6)11-7-4-13-5-7/h1-3,7,11-12H,4-5H2. The summed E-state index contributed by atoms with van der Waals surface area (Å²) in [7, 11) is 0. The van der Waals surface area contributed by atoms with E-state index in [1.54, 1.807) is 12.1 Å². The summed E-state index contributed by atoms with van der Waals surface area (Å²) in [6, 6.07) is 5.65. The van der Waals surface area contributed by atoms with Crippen molar-refractivity contribution in [3.63, 3.8) is 0 Å². The van der Waals surface area contributed by atoms with E-state index in [4.69, 9.17) is 4.74 Å². The molecule has 1 saturated heterocycles. The molecule has 1 fully saturated rings. The molecule has 1 aromatic carbocycles. The van der Waals surface area contributed by atoms with Crippen molar-refractivity contribution in [3.05, 3.63) is 22.7 Å². The molecule has 0 unspecified atom stereocenters. The highest BCUT2D eigenvalue weighted by Crippen LogP contribution is 2.28. The van der Waals surface area contributed by atoms with Crippen LogP contribution in [0.1, 0.15) is 0 Å². The average molecular weight is 244 g/mol. The summed E-state index contributed by atoms with van der Waals surface area (Å²) in [5.74, 6) is 0.273. The minimum absolute atomic E-state index is 0.273. The fourth-order valence-electron chi connectivity index (χ4n) is 1.16. The zero-order valence-electron chi connectivity index (χ0n) is 6.96. The highest BCUT2D eigenvalue weighted by Gasteiger charge is 2.18. The van der Waals surface area contributed by atoms with E-state index in [1.807, 2.05) is 6.07 Å². The van der Waals surface area contributed by atoms with Crippen LogP contribution in [0, 0.1) is 0 Å². The maximum atomic E-state index is 9.48. The summed E-state index contributed by atoms with van der Waals surface area (Å²) < 4.78 is 5.97. The number of phenols is 1. The van der Waals surface area contributed by atoms with E-state index in [9.17, 15) is 5.11 Å². The first-order valence-electron chi connectivity index (χ1n) is 4.08. The number of rotatable bonds is 2. The van der Waals surface area contributed by atoms with Gasteiger partial charge in [0.05, 0.1) is 24.9 Å². The van der Waals surface area contributed by atoms with Gasteiger partial charge in [0.2, 0.25) is 0 Å². The predicted molar refractivity (Wildman–Crippen MR) is 54.0 cm³/mol. The second-order valence-corrected chi connectivity index (χ2v) is 3.96. The number of halogens is 1. The molecule has 1 heterocycles. The highest BCUT2D eigenvalue weighted by atomic mass is 79.9. The number of nitrogens with one attached hydrogen (secondary N) is 1. The Morgan fingerprint density at radius 3 is 2.85 bits per heavy atom. The highest BCUT2D eigenvalue weighted by molar-refractivity contribution is 9.10. The lowest BCUT2D eigenvalue weighted by Crippen LogP contribution is -2.40. The average Bonchev–Trinajstić information content (AvgIpc) is 2.03. The molecule has 1 aromatic rings.